The Morgan fingerprint density at radius 2 is 1.98 bits per heavy atom. The number of rotatable bonds is 11. The average molecular weight is 574 g/mol. The Morgan fingerprint density at radius 1 is 1.30 bits per heavy atom. The number of anilines is 1. The highest BCUT2D eigenvalue weighted by atomic mass is 35.5. The summed E-state index contributed by atoms with van der Waals surface area (Å²) in [5.74, 6) is -1.11. The molecule has 0 spiro atoms. The van der Waals surface area contributed by atoms with Crippen molar-refractivity contribution in [1.82, 2.24) is 19.5 Å². The van der Waals surface area contributed by atoms with Gasteiger partial charge in [0.15, 0.2) is 28.8 Å². The number of hydrogen-bond donors (Lipinski definition) is 5. The molecule has 13 nitrogen and oxygen atoms in total. The number of aliphatic carboxylic acids is 2. The minimum absolute atomic E-state index is 0.0281. The second-order valence-corrected chi connectivity index (χ2v) is 9.80. The zero-order chi connectivity index (χ0) is 29.2. The molecule has 0 amide bonds. The Hall–Kier alpha value is -3.80. The van der Waals surface area contributed by atoms with Crippen LogP contribution in [0.25, 0.3) is 11.2 Å². The van der Waals surface area contributed by atoms with E-state index in [0.29, 0.717) is 16.9 Å². The first kappa shape index (κ1) is 29.2. The first-order valence-electron chi connectivity index (χ1n) is 12.3. The summed E-state index contributed by atoms with van der Waals surface area (Å²) in [7, 11) is 0. The lowest BCUT2D eigenvalue weighted by Crippen LogP contribution is -2.55. The molecule has 0 aliphatic carbocycles. The molecule has 4 rings (SSSR count). The van der Waals surface area contributed by atoms with Gasteiger partial charge in [0.1, 0.15) is 12.2 Å². The van der Waals surface area contributed by atoms with Crippen LogP contribution in [-0.4, -0.2) is 87.9 Å². The predicted molar refractivity (Wildman–Crippen MR) is 142 cm³/mol. The van der Waals surface area contributed by atoms with Crippen LogP contribution in [0.1, 0.15) is 32.1 Å². The third kappa shape index (κ3) is 5.19. The summed E-state index contributed by atoms with van der Waals surface area (Å²) in [5.41, 5.74) is -4.28. The molecule has 2 aromatic heterocycles. The summed E-state index contributed by atoms with van der Waals surface area (Å²) in [6.07, 6.45) is 2.42. The molecular formula is C26H28ClN5O8. The van der Waals surface area contributed by atoms with Crippen LogP contribution in [-0.2, 0) is 25.5 Å². The largest absolute Gasteiger partial charge is 0.479 e. The normalized spacial score (nSPS) is 23.6. The number of nitrogens with one attached hydrogen (secondary N) is 1. The van der Waals surface area contributed by atoms with Crippen molar-refractivity contribution >= 4 is 40.5 Å². The Bertz CT molecular complexity index is 1430. The van der Waals surface area contributed by atoms with Crippen molar-refractivity contribution in [1.29, 1.82) is 0 Å². The molecule has 5 N–H and O–H groups in total. The summed E-state index contributed by atoms with van der Waals surface area (Å²) in [5, 5.41) is 45.1. The number of ether oxygens (including phenoxy) is 2. The fourth-order valence-corrected chi connectivity index (χ4v) is 4.51. The van der Waals surface area contributed by atoms with Crippen molar-refractivity contribution in [3.05, 3.63) is 47.5 Å². The number of aromatic nitrogens is 4. The number of aliphatic hydroxyl groups is 2. The van der Waals surface area contributed by atoms with Gasteiger partial charge in [-0.15, -0.1) is 6.42 Å². The van der Waals surface area contributed by atoms with E-state index in [-0.39, 0.29) is 17.0 Å². The fraction of sp³-hybridized carbons (Fsp3) is 0.423. The molecule has 0 bridgehead atoms. The van der Waals surface area contributed by atoms with Gasteiger partial charge in [-0.2, -0.15) is 9.97 Å². The van der Waals surface area contributed by atoms with Gasteiger partial charge in [0.25, 0.3) is 5.60 Å². The van der Waals surface area contributed by atoms with Gasteiger partial charge in [-0.3, -0.25) is 4.57 Å². The molecule has 0 saturated carbocycles. The fourth-order valence-electron chi connectivity index (χ4n) is 4.35. The molecule has 212 valence electrons. The van der Waals surface area contributed by atoms with Gasteiger partial charge in [0.05, 0.1) is 12.9 Å². The number of imidazole rings is 1. The van der Waals surface area contributed by atoms with Crippen LogP contribution in [0.4, 0.5) is 5.82 Å². The van der Waals surface area contributed by atoms with Gasteiger partial charge >= 0.3 is 11.9 Å². The number of aliphatic hydroxyl groups excluding tert-OH is 1. The number of carboxylic acids is 2. The van der Waals surface area contributed by atoms with E-state index in [9.17, 15) is 30.0 Å². The minimum Gasteiger partial charge on any atom is -0.479 e. The number of fused-ring (bicyclic) bond motifs is 1. The maximum absolute atomic E-state index is 12.2. The van der Waals surface area contributed by atoms with Gasteiger partial charge in [-0.25, -0.2) is 14.6 Å². The SMILES string of the molecule is C#C[C@@]1(O)[C@@H](COC(Cc2ccccc2)(C(=O)O)C(=O)O)O[C@@H](n2cnc3c(NC(C)CC)nc(Cl)nc32)[C@@H]1O. The van der Waals surface area contributed by atoms with Crippen molar-refractivity contribution in [2.45, 2.75) is 62.4 Å². The van der Waals surface area contributed by atoms with Gasteiger partial charge in [-0.1, -0.05) is 43.2 Å². The third-order valence-corrected chi connectivity index (χ3v) is 7.05. The Balaban J connectivity index is 1.66. The monoisotopic (exact) mass is 573 g/mol. The number of carbonyl (C=O) groups is 2. The summed E-state index contributed by atoms with van der Waals surface area (Å²) in [6.45, 7) is 3.13. The maximum Gasteiger partial charge on any atom is 0.348 e. The number of carboxylic acid groups (broad SMARTS) is 2. The maximum atomic E-state index is 12.2. The molecular weight excluding hydrogens is 546 g/mol. The quantitative estimate of drug-likeness (QED) is 0.126. The van der Waals surface area contributed by atoms with Crippen LogP contribution in [0.3, 0.4) is 0 Å². The van der Waals surface area contributed by atoms with Gasteiger partial charge in [0.2, 0.25) is 5.28 Å². The van der Waals surface area contributed by atoms with E-state index in [4.69, 9.17) is 27.5 Å². The predicted octanol–water partition coefficient (Wildman–Crippen LogP) is 1.48. The smallest absolute Gasteiger partial charge is 0.348 e. The highest BCUT2D eigenvalue weighted by Gasteiger charge is 2.58. The van der Waals surface area contributed by atoms with Gasteiger partial charge in [-0.05, 0) is 30.5 Å². The molecule has 5 atom stereocenters. The highest BCUT2D eigenvalue weighted by molar-refractivity contribution is 6.28. The van der Waals surface area contributed by atoms with E-state index in [1.807, 2.05) is 13.8 Å². The van der Waals surface area contributed by atoms with Crippen molar-refractivity contribution in [2.75, 3.05) is 11.9 Å². The lowest BCUT2D eigenvalue weighted by molar-refractivity contribution is -0.191. The lowest BCUT2D eigenvalue weighted by atomic mass is 9.92. The van der Waals surface area contributed by atoms with Crippen LogP contribution in [0, 0.1) is 12.3 Å². The molecule has 1 fully saturated rings. The van der Waals surface area contributed by atoms with E-state index in [1.54, 1.807) is 30.3 Å². The zero-order valence-electron chi connectivity index (χ0n) is 21.6. The summed E-state index contributed by atoms with van der Waals surface area (Å²) < 4.78 is 12.6. The first-order chi connectivity index (χ1) is 19.0. The first-order valence-corrected chi connectivity index (χ1v) is 12.7. The standard InChI is InChI=1S/C26H28ClN5O8/c1-4-14(3)29-19-17-20(31-24(27)30-19)32(13-28-17)21-18(33)25(38,5-2)16(40-21)12-39-26(22(34)35,23(36)37)11-15-9-7-6-8-10-15/h2,6-10,13-14,16,18,21,33,38H,4,11-12H2,1,3H3,(H,34,35)(H,36,37)(H,29,30,31)/t14?,16-,18+,21-,25-/m1/s1. The molecule has 1 aliphatic rings. The number of terminal acetylenes is 1. The lowest BCUT2D eigenvalue weighted by Gasteiger charge is -2.30. The second kappa shape index (κ2) is 11.4. The van der Waals surface area contributed by atoms with E-state index in [2.05, 4.69) is 26.2 Å². The summed E-state index contributed by atoms with van der Waals surface area (Å²) in [6, 6.07) is 8.06. The van der Waals surface area contributed by atoms with Crippen LogP contribution in [0.2, 0.25) is 5.28 Å². The van der Waals surface area contributed by atoms with Crippen molar-refractivity contribution in [3.8, 4) is 12.3 Å². The third-order valence-electron chi connectivity index (χ3n) is 6.88. The molecule has 40 heavy (non-hydrogen) atoms. The zero-order valence-corrected chi connectivity index (χ0v) is 22.3. The molecule has 3 aromatic rings. The topological polar surface area (TPSA) is 189 Å². The number of nitrogens with zero attached hydrogens (tertiary/aromatic N) is 4. The highest BCUT2D eigenvalue weighted by Crippen LogP contribution is 2.39. The molecule has 0 radical (unpaired) electrons. The van der Waals surface area contributed by atoms with Crippen molar-refractivity contribution < 1.29 is 39.5 Å². The second-order valence-electron chi connectivity index (χ2n) is 9.46. The molecule has 1 saturated heterocycles. The van der Waals surface area contributed by atoms with Crippen LogP contribution >= 0.6 is 11.6 Å². The number of halogens is 1. The average Bonchev–Trinajstić information content (AvgIpc) is 3.45. The Labute approximate surface area is 233 Å². The van der Waals surface area contributed by atoms with Crippen molar-refractivity contribution in [2.24, 2.45) is 0 Å². The molecule has 1 aromatic carbocycles. The minimum atomic E-state index is -2.73. The summed E-state index contributed by atoms with van der Waals surface area (Å²) >= 11 is 6.14. The van der Waals surface area contributed by atoms with Gasteiger partial charge < -0.3 is 35.2 Å². The van der Waals surface area contributed by atoms with Crippen molar-refractivity contribution in [3.63, 3.8) is 0 Å². The van der Waals surface area contributed by atoms with Gasteiger partial charge in [0, 0.05) is 12.5 Å². The van der Waals surface area contributed by atoms with Crippen LogP contribution in [0.15, 0.2) is 36.7 Å². The molecule has 1 unspecified atom stereocenters. The van der Waals surface area contributed by atoms with Crippen LogP contribution < -0.4 is 5.32 Å². The molecule has 3 heterocycles. The Kier molecular flexibility index (Phi) is 8.29. The number of benzene rings is 1. The number of hydrogen-bond acceptors (Lipinski definition) is 10. The molecule has 1 aliphatic heterocycles. The van der Waals surface area contributed by atoms with E-state index in [1.165, 1.54) is 10.9 Å². The van der Waals surface area contributed by atoms with E-state index >= 15 is 0 Å². The van der Waals surface area contributed by atoms with E-state index in [0.717, 1.165) is 6.42 Å². The Morgan fingerprint density at radius 3 is 2.58 bits per heavy atom. The van der Waals surface area contributed by atoms with E-state index < -0.39 is 54.6 Å². The molecule has 14 heteroatoms. The van der Waals surface area contributed by atoms with Crippen LogP contribution in [0.5, 0.6) is 0 Å². The summed E-state index contributed by atoms with van der Waals surface area (Å²) in [4.78, 5) is 37.0.